The minimum absolute atomic E-state index is 0.0282. The first-order valence-corrected chi connectivity index (χ1v) is 12.4. The van der Waals surface area contributed by atoms with E-state index in [1.165, 1.54) is 19.1 Å². The van der Waals surface area contributed by atoms with Gasteiger partial charge in [-0.05, 0) is 63.3 Å². The molecule has 13 N–H and O–H groups in total. The highest BCUT2D eigenvalue weighted by molar-refractivity contribution is 5.93. The number of unbranched alkanes of at least 4 members (excludes halogenated alkanes) is 1. The number of carboxylic acids is 1. The van der Waals surface area contributed by atoms with Crippen LogP contribution in [0.1, 0.15) is 44.6 Å². The van der Waals surface area contributed by atoms with Crippen LogP contribution in [-0.2, 0) is 25.6 Å². The topological polar surface area (TPSA) is 261 Å². The SMILES string of the molecule is CC(NC(=O)C(N)CCCN=C(N)N)C(=O)NC(CCCCN)C(=O)NC(Cc1ccc(O)cc1)C(=O)O. The van der Waals surface area contributed by atoms with Gasteiger partial charge in [-0.1, -0.05) is 12.1 Å². The van der Waals surface area contributed by atoms with Gasteiger partial charge in [-0.2, -0.15) is 0 Å². The number of carbonyl (C=O) groups is 4. The van der Waals surface area contributed by atoms with E-state index in [-0.39, 0.29) is 24.6 Å². The maximum atomic E-state index is 13.0. The number of hydrogen-bond donors (Lipinski definition) is 9. The summed E-state index contributed by atoms with van der Waals surface area (Å²) in [5.41, 5.74) is 22.5. The molecule has 0 saturated carbocycles. The van der Waals surface area contributed by atoms with Gasteiger partial charge in [-0.25, -0.2) is 4.79 Å². The Kier molecular flexibility index (Phi) is 14.2. The van der Waals surface area contributed by atoms with Crippen LogP contribution < -0.4 is 38.9 Å². The number of nitrogens with zero attached hydrogens (tertiary/aromatic N) is 1. The lowest BCUT2D eigenvalue weighted by molar-refractivity contribution is -0.142. The molecule has 0 radical (unpaired) electrons. The number of carbonyl (C=O) groups excluding carboxylic acids is 3. The van der Waals surface area contributed by atoms with Gasteiger partial charge in [0.25, 0.3) is 0 Å². The fourth-order valence-electron chi connectivity index (χ4n) is 3.43. The van der Waals surface area contributed by atoms with Crippen molar-refractivity contribution in [2.45, 2.75) is 69.6 Å². The Bertz CT molecular complexity index is 952. The van der Waals surface area contributed by atoms with Gasteiger partial charge >= 0.3 is 5.97 Å². The van der Waals surface area contributed by atoms with E-state index in [0.29, 0.717) is 44.3 Å². The summed E-state index contributed by atoms with van der Waals surface area (Å²) >= 11 is 0. The smallest absolute Gasteiger partial charge is 0.326 e. The number of guanidine groups is 1. The predicted octanol–water partition coefficient (Wildman–Crippen LogP) is -2.00. The molecule has 0 fully saturated rings. The number of benzene rings is 1. The fraction of sp³-hybridized carbons (Fsp3) is 0.542. The molecule has 0 aliphatic carbocycles. The summed E-state index contributed by atoms with van der Waals surface area (Å²) in [6.45, 7) is 2.14. The van der Waals surface area contributed by atoms with Gasteiger partial charge in [0.05, 0.1) is 6.04 Å². The molecule has 0 aliphatic rings. The molecule has 0 aliphatic heterocycles. The Labute approximate surface area is 221 Å². The van der Waals surface area contributed by atoms with E-state index in [1.54, 1.807) is 12.1 Å². The quantitative estimate of drug-likeness (QED) is 0.0600. The van der Waals surface area contributed by atoms with Crippen LogP contribution in [0, 0.1) is 0 Å². The first kappa shape index (κ1) is 32.1. The average molecular weight is 537 g/mol. The molecule has 212 valence electrons. The van der Waals surface area contributed by atoms with Crippen LogP contribution in [0.25, 0.3) is 0 Å². The fourth-order valence-corrected chi connectivity index (χ4v) is 3.43. The third-order valence-electron chi connectivity index (χ3n) is 5.63. The molecule has 14 heteroatoms. The van der Waals surface area contributed by atoms with Crippen molar-refractivity contribution in [3.05, 3.63) is 29.8 Å². The third-order valence-corrected chi connectivity index (χ3v) is 5.63. The second-order valence-corrected chi connectivity index (χ2v) is 8.90. The van der Waals surface area contributed by atoms with Gasteiger partial charge in [0, 0.05) is 13.0 Å². The van der Waals surface area contributed by atoms with Crippen LogP contribution in [0.4, 0.5) is 0 Å². The van der Waals surface area contributed by atoms with Crippen molar-refractivity contribution < 1.29 is 29.4 Å². The molecule has 4 unspecified atom stereocenters. The Morgan fingerprint density at radius 1 is 0.895 bits per heavy atom. The van der Waals surface area contributed by atoms with Crippen molar-refractivity contribution in [2.24, 2.45) is 27.9 Å². The Hall–Kier alpha value is -3.91. The summed E-state index contributed by atoms with van der Waals surface area (Å²) in [4.78, 5) is 53.7. The molecule has 4 atom stereocenters. The number of nitrogens with two attached hydrogens (primary N) is 4. The number of aliphatic carboxylic acids is 1. The maximum absolute atomic E-state index is 13.0. The number of hydrogen-bond acceptors (Lipinski definition) is 8. The van der Waals surface area contributed by atoms with Gasteiger partial charge in [0.15, 0.2) is 5.96 Å². The third kappa shape index (κ3) is 12.4. The predicted molar refractivity (Wildman–Crippen MR) is 142 cm³/mol. The summed E-state index contributed by atoms with van der Waals surface area (Å²) in [6, 6.07) is 1.71. The first-order valence-electron chi connectivity index (χ1n) is 12.4. The van der Waals surface area contributed by atoms with Crippen molar-refractivity contribution in [3.63, 3.8) is 0 Å². The summed E-state index contributed by atoms with van der Waals surface area (Å²) in [5.74, 6) is -3.16. The molecule has 0 heterocycles. The van der Waals surface area contributed by atoms with Crippen molar-refractivity contribution in [1.29, 1.82) is 0 Å². The summed E-state index contributed by atoms with van der Waals surface area (Å²) in [6.07, 6.45) is 2.04. The molecule has 3 amide bonds. The van der Waals surface area contributed by atoms with Crippen molar-refractivity contribution >= 4 is 29.7 Å². The lowest BCUT2D eigenvalue weighted by Crippen LogP contribution is -2.56. The Morgan fingerprint density at radius 2 is 1.53 bits per heavy atom. The van der Waals surface area contributed by atoms with Crippen molar-refractivity contribution in [2.75, 3.05) is 13.1 Å². The van der Waals surface area contributed by atoms with Crippen LogP contribution >= 0.6 is 0 Å². The molecule has 0 aromatic heterocycles. The van der Waals surface area contributed by atoms with E-state index in [2.05, 4.69) is 20.9 Å². The average Bonchev–Trinajstić information content (AvgIpc) is 2.86. The number of amides is 3. The Balaban J connectivity index is 2.78. The number of phenols is 1. The maximum Gasteiger partial charge on any atom is 0.326 e. The monoisotopic (exact) mass is 536 g/mol. The highest BCUT2D eigenvalue weighted by atomic mass is 16.4. The number of rotatable bonds is 17. The van der Waals surface area contributed by atoms with Crippen molar-refractivity contribution in [1.82, 2.24) is 16.0 Å². The molecular weight excluding hydrogens is 496 g/mol. The zero-order chi connectivity index (χ0) is 28.7. The van der Waals surface area contributed by atoms with Gasteiger partial charge in [-0.15, -0.1) is 0 Å². The molecular formula is C24H40N8O6. The van der Waals surface area contributed by atoms with E-state index in [9.17, 15) is 29.4 Å². The molecule has 1 rings (SSSR count). The normalized spacial score (nSPS) is 13.9. The Morgan fingerprint density at radius 3 is 2.11 bits per heavy atom. The summed E-state index contributed by atoms with van der Waals surface area (Å²) in [7, 11) is 0. The van der Waals surface area contributed by atoms with Gasteiger partial charge in [0.1, 0.15) is 23.9 Å². The number of aliphatic imine (C=N–C) groups is 1. The van der Waals surface area contributed by atoms with E-state index < -0.39 is 47.9 Å². The van der Waals surface area contributed by atoms with E-state index >= 15 is 0 Å². The standard InChI is InChI=1S/C24H40N8O6/c1-14(30-21(35)17(26)5-4-12-29-24(27)28)20(34)31-18(6-2-3-11-25)22(36)32-19(23(37)38)13-15-7-9-16(33)10-8-15/h7-10,14,17-19,33H,2-6,11-13,25-26H2,1H3,(H,30,35)(H,31,34)(H,32,36)(H,37,38)(H4,27,28,29). The second-order valence-electron chi connectivity index (χ2n) is 8.90. The first-order chi connectivity index (χ1) is 17.9. The van der Waals surface area contributed by atoms with Crippen LogP contribution in [0.3, 0.4) is 0 Å². The number of aromatic hydroxyl groups is 1. The largest absolute Gasteiger partial charge is 0.508 e. The molecule has 0 saturated heterocycles. The van der Waals surface area contributed by atoms with Gasteiger partial charge < -0.3 is 49.1 Å². The van der Waals surface area contributed by atoms with E-state index in [1.807, 2.05) is 0 Å². The molecule has 1 aromatic rings. The van der Waals surface area contributed by atoms with Gasteiger partial charge in [-0.3, -0.25) is 19.4 Å². The minimum atomic E-state index is -1.27. The summed E-state index contributed by atoms with van der Waals surface area (Å²) < 4.78 is 0. The highest BCUT2D eigenvalue weighted by Crippen LogP contribution is 2.12. The molecule has 1 aromatic carbocycles. The lowest BCUT2D eigenvalue weighted by Gasteiger charge is -2.24. The lowest BCUT2D eigenvalue weighted by atomic mass is 10.0. The zero-order valence-corrected chi connectivity index (χ0v) is 21.6. The summed E-state index contributed by atoms with van der Waals surface area (Å²) in [5, 5.41) is 26.6. The van der Waals surface area contributed by atoms with Crippen molar-refractivity contribution in [3.8, 4) is 5.75 Å². The zero-order valence-electron chi connectivity index (χ0n) is 21.6. The van der Waals surface area contributed by atoms with Crippen LogP contribution in [0.15, 0.2) is 29.3 Å². The molecule has 14 nitrogen and oxygen atoms in total. The highest BCUT2D eigenvalue weighted by Gasteiger charge is 2.28. The molecule has 0 bridgehead atoms. The number of nitrogens with one attached hydrogen (secondary N) is 3. The van der Waals surface area contributed by atoms with Gasteiger partial charge in [0.2, 0.25) is 17.7 Å². The molecule has 38 heavy (non-hydrogen) atoms. The number of carboxylic acid groups (broad SMARTS) is 1. The molecule has 0 spiro atoms. The van der Waals surface area contributed by atoms with Crippen LogP contribution in [-0.4, -0.2) is 77.1 Å². The van der Waals surface area contributed by atoms with Crippen LogP contribution in [0.5, 0.6) is 5.75 Å². The van der Waals surface area contributed by atoms with Crippen LogP contribution in [0.2, 0.25) is 0 Å². The minimum Gasteiger partial charge on any atom is -0.508 e. The van der Waals surface area contributed by atoms with E-state index in [0.717, 1.165) is 0 Å². The van der Waals surface area contributed by atoms with E-state index in [4.69, 9.17) is 22.9 Å². The number of phenolic OH excluding ortho intramolecular Hbond substituents is 1. The second kappa shape index (κ2) is 16.8.